The highest BCUT2D eigenvalue weighted by Gasteiger charge is 2.17. The van der Waals surface area contributed by atoms with Crippen LogP contribution in [0.3, 0.4) is 0 Å². The summed E-state index contributed by atoms with van der Waals surface area (Å²) in [6, 6.07) is 0. The molecule has 7 heteroatoms. The molecule has 0 amide bonds. The Labute approximate surface area is 102 Å². The van der Waals surface area contributed by atoms with Crippen LogP contribution in [0.4, 0.5) is 0 Å². The molecular weight excluding hydrogens is 244 g/mol. The van der Waals surface area contributed by atoms with Crippen molar-refractivity contribution < 1.29 is 18.5 Å². The fourth-order valence-electron chi connectivity index (χ4n) is 1.09. The van der Waals surface area contributed by atoms with Crippen molar-refractivity contribution in [3.05, 3.63) is 11.8 Å². The van der Waals surface area contributed by atoms with Crippen LogP contribution >= 0.6 is 0 Å². The molecule has 1 atom stereocenters. The molecule has 0 saturated carbocycles. The molecule has 6 nitrogen and oxygen atoms in total. The van der Waals surface area contributed by atoms with E-state index in [0.29, 0.717) is 6.61 Å². The lowest BCUT2D eigenvalue weighted by molar-refractivity contribution is 0.0520. The van der Waals surface area contributed by atoms with Crippen molar-refractivity contribution in [2.45, 2.75) is 19.0 Å². The average Bonchev–Trinajstić information content (AvgIpc) is 2.29. The lowest BCUT2D eigenvalue weighted by atomic mass is 10.3. The molecule has 0 aliphatic heterocycles. The molecule has 0 spiro atoms. The van der Waals surface area contributed by atoms with Crippen molar-refractivity contribution in [1.29, 1.82) is 0 Å². The topological polar surface area (TPSA) is 78.4 Å². The predicted molar refractivity (Wildman–Crippen MR) is 61.5 cm³/mol. The Morgan fingerprint density at radius 3 is 2.65 bits per heavy atom. The smallest absolute Gasteiger partial charge is 0.345 e. The van der Waals surface area contributed by atoms with E-state index in [1.807, 2.05) is 0 Å². The van der Waals surface area contributed by atoms with Gasteiger partial charge in [-0.3, -0.25) is 4.21 Å². The summed E-state index contributed by atoms with van der Waals surface area (Å²) in [5.41, 5.74) is 0.142. The fraction of sp³-hybridized carbons (Fsp3) is 0.500. The zero-order valence-electron chi connectivity index (χ0n) is 9.93. The Morgan fingerprint density at radius 2 is 2.12 bits per heavy atom. The number of nitrogens with zero attached hydrogens (tertiary/aromatic N) is 2. The van der Waals surface area contributed by atoms with Gasteiger partial charge >= 0.3 is 5.97 Å². The van der Waals surface area contributed by atoms with E-state index in [4.69, 9.17) is 9.47 Å². The van der Waals surface area contributed by atoms with E-state index >= 15 is 0 Å². The van der Waals surface area contributed by atoms with Gasteiger partial charge in [-0.1, -0.05) is 0 Å². The Morgan fingerprint density at radius 1 is 1.41 bits per heavy atom. The highest BCUT2D eigenvalue weighted by molar-refractivity contribution is 7.84. The van der Waals surface area contributed by atoms with Crippen LogP contribution in [-0.4, -0.2) is 39.6 Å². The van der Waals surface area contributed by atoms with Crippen LogP contribution in [-0.2, 0) is 15.5 Å². The van der Waals surface area contributed by atoms with Gasteiger partial charge in [-0.2, -0.15) is 4.98 Å². The molecule has 0 aliphatic rings. The molecule has 0 aliphatic carbocycles. The Kier molecular flexibility index (Phi) is 5.02. The van der Waals surface area contributed by atoms with Crippen molar-refractivity contribution in [1.82, 2.24) is 9.97 Å². The van der Waals surface area contributed by atoms with E-state index in [-0.39, 0.29) is 23.2 Å². The molecule has 0 fully saturated rings. The summed E-state index contributed by atoms with van der Waals surface area (Å²) >= 11 is 0. The molecule has 0 N–H and O–H groups in total. The van der Waals surface area contributed by atoms with E-state index in [2.05, 4.69) is 9.97 Å². The minimum atomic E-state index is -1.32. The molecule has 0 bridgehead atoms. The first-order valence-corrected chi connectivity index (χ1v) is 6.66. The fourth-order valence-corrected chi connectivity index (χ4v) is 1.50. The summed E-state index contributed by atoms with van der Waals surface area (Å²) in [6.07, 6.45) is 2.72. The summed E-state index contributed by atoms with van der Waals surface area (Å²) in [6.45, 7) is 4.07. The van der Waals surface area contributed by atoms with Gasteiger partial charge in [0.25, 0.3) is 0 Å². The molecule has 17 heavy (non-hydrogen) atoms. The number of esters is 1. The summed E-state index contributed by atoms with van der Waals surface area (Å²) in [4.78, 5) is 19.3. The van der Waals surface area contributed by atoms with E-state index in [1.54, 1.807) is 13.8 Å². The molecule has 0 aromatic carbocycles. The molecule has 0 saturated heterocycles. The van der Waals surface area contributed by atoms with Crippen molar-refractivity contribution in [2.24, 2.45) is 0 Å². The summed E-state index contributed by atoms with van der Waals surface area (Å²) in [5.74, 6) is -0.449. The standard InChI is InChI=1S/C10H14N2O4S/c1-4-15-8-7(9(13)16-5-2)6-11-10(12-8)17(3)14/h6H,4-5H2,1-3H3. The van der Waals surface area contributed by atoms with Crippen LogP contribution in [0.15, 0.2) is 11.4 Å². The largest absolute Gasteiger partial charge is 0.477 e. The minimum absolute atomic E-state index is 0.103. The Balaban J connectivity index is 3.12. The number of hydrogen-bond donors (Lipinski definition) is 0. The van der Waals surface area contributed by atoms with Gasteiger partial charge in [-0.25, -0.2) is 9.78 Å². The third-order valence-electron chi connectivity index (χ3n) is 1.77. The summed E-state index contributed by atoms with van der Waals surface area (Å²) in [7, 11) is -1.32. The Hall–Kier alpha value is -1.50. The van der Waals surface area contributed by atoms with Gasteiger partial charge in [-0.15, -0.1) is 0 Å². The summed E-state index contributed by atoms with van der Waals surface area (Å²) < 4.78 is 21.3. The molecule has 94 valence electrons. The third-order valence-corrected chi connectivity index (χ3v) is 2.48. The van der Waals surface area contributed by atoms with Crippen LogP contribution in [0.5, 0.6) is 5.88 Å². The van der Waals surface area contributed by atoms with Crippen LogP contribution in [0.2, 0.25) is 0 Å². The van der Waals surface area contributed by atoms with Gasteiger partial charge in [0, 0.05) is 6.26 Å². The monoisotopic (exact) mass is 258 g/mol. The van der Waals surface area contributed by atoms with Gasteiger partial charge in [-0.05, 0) is 13.8 Å². The maximum absolute atomic E-state index is 11.6. The van der Waals surface area contributed by atoms with Crippen molar-refractivity contribution in [2.75, 3.05) is 19.5 Å². The highest BCUT2D eigenvalue weighted by atomic mass is 32.2. The molecular formula is C10H14N2O4S. The van der Waals surface area contributed by atoms with E-state index in [9.17, 15) is 9.00 Å². The first-order valence-electron chi connectivity index (χ1n) is 5.10. The highest BCUT2D eigenvalue weighted by Crippen LogP contribution is 2.16. The SMILES string of the molecule is CCOC(=O)c1cnc(S(C)=O)nc1OCC. The summed E-state index contributed by atoms with van der Waals surface area (Å²) in [5, 5.41) is 0.126. The maximum atomic E-state index is 11.6. The maximum Gasteiger partial charge on any atom is 0.345 e. The first-order chi connectivity index (χ1) is 8.10. The average molecular weight is 258 g/mol. The van der Waals surface area contributed by atoms with E-state index in [0.717, 1.165) is 0 Å². The van der Waals surface area contributed by atoms with Gasteiger partial charge < -0.3 is 9.47 Å². The van der Waals surface area contributed by atoms with E-state index in [1.165, 1.54) is 12.5 Å². The van der Waals surface area contributed by atoms with Crippen LogP contribution < -0.4 is 4.74 Å². The quantitative estimate of drug-likeness (QED) is 0.574. The molecule has 1 aromatic rings. The number of carbonyl (C=O) groups excluding carboxylic acids is 1. The van der Waals surface area contributed by atoms with Gasteiger partial charge in [0.05, 0.1) is 30.2 Å². The predicted octanol–water partition coefficient (Wildman–Crippen LogP) is 0.789. The molecule has 0 radical (unpaired) electrons. The second kappa shape index (κ2) is 6.29. The Bertz CT molecular complexity index is 436. The number of ether oxygens (including phenoxy) is 2. The molecule has 1 unspecified atom stereocenters. The van der Waals surface area contributed by atoms with Gasteiger partial charge in [0.15, 0.2) is 0 Å². The number of hydrogen-bond acceptors (Lipinski definition) is 6. The lowest BCUT2D eigenvalue weighted by Crippen LogP contribution is -2.11. The van der Waals surface area contributed by atoms with Gasteiger partial charge in [0.1, 0.15) is 5.56 Å². The van der Waals surface area contributed by atoms with Crippen LogP contribution in [0.1, 0.15) is 24.2 Å². The minimum Gasteiger partial charge on any atom is -0.477 e. The van der Waals surface area contributed by atoms with Crippen molar-refractivity contribution in [3.8, 4) is 5.88 Å². The lowest BCUT2D eigenvalue weighted by Gasteiger charge is -2.08. The third kappa shape index (κ3) is 3.48. The molecule has 1 aromatic heterocycles. The van der Waals surface area contributed by atoms with Crippen molar-refractivity contribution >= 4 is 16.8 Å². The number of rotatable bonds is 5. The second-order valence-corrected chi connectivity index (χ2v) is 4.25. The van der Waals surface area contributed by atoms with Gasteiger partial charge in [0.2, 0.25) is 11.0 Å². The van der Waals surface area contributed by atoms with E-state index < -0.39 is 16.8 Å². The zero-order valence-corrected chi connectivity index (χ0v) is 10.7. The second-order valence-electron chi connectivity index (χ2n) is 2.98. The first kappa shape index (κ1) is 13.6. The molecule has 1 heterocycles. The zero-order chi connectivity index (χ0) is 12.8. The number of carbonyl (C=O) groups is 1. The van der Waals surface area contributed by atoms with Crippen LogP contribution in [0, 0.1) is 0 Å². The molecule has 1 rings (SSSR count). The van der Waals surface area contributed by atoms with Crippen molar-refractivity contribution in [3.63, 3.8) is 0 Å². The number of aromatic nitrogens is 2. The normalized spacial score (nSPS) is 11.9. The van der Waals surface area contributed by atoms with Crippen LogP contribution in [0.25, 0.3) is 0 Å².